The van der Waals surface area contributed by atoms with Crippen molar-refractivity contribution in [2.75, 3.05) is 6.54 Å². The first-order valence-corrected chi connectivity index (χ1v) is 8.25. The summed E-state index contributed by atoms with van der Waals surface area (Å²) < 4.78 is 15.1. The summed E-state index contributed by atoms with van der Waals surface area (Å²) in [6, 6.07) is 16.2. The van der Waals surface area contributed by atoms with Crippen LogP contribution in [0.3, 0.4) is 0 Å². The number of para-hydroxylation sites is 1. The molecule has 3 rings (SSSR count). The summed E-state index contributed by atoms with van der Waals surface area (Å²) >= 11 is 0. The highest BCUT2D eigenvalue weighted by Crippen LogP contribution is 2.24. The van der Waals surface area contributed by atoms with Crippen molar-refractivity contribution in [3.8, 4) is 16.9 Å². The van der Waals surface area contributed by atoms with Gasteiger partial charge in [0.05, 0.1) is 17.0 Å². The number of aliphatic hydroxyl groups is 1. The molecule has 0 fully saturated rings. The predicted molar refractivity (Wildman–Crippen MR) is 97.0 cm³/mol. The summed E-state index contributed by atoms with van der Waals surface area (Å²) in [5.74, 6) is -0.270. The minimum Gasteiger partial charge on any atom is -0.389 e. The van der Waals surface area contributed by atoms with Crippen molar-refractivity contribution in [1.82, 2.24) is 15.1 Å². The molecule has 0 aliphatic carbocycles. The Kier molecular flexibility index (Phi) is 4.97. The second kappa shape index (κ2) is 7.17. The Morgan fingerprint density at radius 2 is 1.76 bits per heavy atom. The zero-order chi connectivity index (χ0) is 17.9. The van der Waals surface area contributed by atoms with Crippen molar-refractivity contribution < 1.29 is 9.50 Å². The Hall–Kier alpha value is -2.50. The Bertz CT molecular complexity index is 820. The van der Waals surface area contributed by atoms with Crippen LogP contribution in [0.15, 0.2) is 60.8 Å². The molecule has 0 bridgehead atoms. The molecule has 130 valence electrons. The van der Waals surface area contributed by atoms with Gasteiger partial charge in [0.1, 0.15) is 5.82 Å². The molecule has 25 heavy (non-hydrogen) atoms. The van der Waals surface area contributed by atoms with E-state index in [4.69, 9.17) is 0 Å². The smallest absolute Gasteiger partial charge is 0.123 e. The summed E-state index contributed by atoms with van der Waals surface area (Å²) in [5.41, 5.74) is 2.81. The topological polar surface area (TPSA) is 50.1 Å². The molecular formula is C20H22FN3O. The first-order valence-electron chi connectivity index (χ1n) is 8.25. The van der Waals surface area contributed by atoms with Crippen LogP contribution >= 0.6 is 0 Å². The molecule has 0 amide bonds. The van der Waals surface area contributed by atoms with E-state index in [-0.39, 0.29) is 5.82 Å². The van der Waals surface area contributed by atoms with Crippen molar-refractivity contribution >= 4 is 0 Å². The second-order valence-electron chi connectivity index (χ2n) is 6.71. The lowest BCUT2D eigenvalue weighted by Crippen LogP contribution is -2.34. The number of nitrogens with one attached hydrogen (secondary N) is 1. The van der Waals surface area contributed by atoms with Gasteiger partial charge in [0.15, 0.2) is 0 Å². The number of halogens is 1. The summed E-state index contributed by atoms with van der Waals surface area (Å²) in [4.78, 5) is 0. The van der Waals surface area contributed by atoms with Gasteiger partial charge in [0.2, 0.25) is 0 Å². The lowest BCUT2D eigenvalue weighted by atomic mass is 10.1. The van der Waals surface area contributed by atoms with E-state index in [2.05, 4.69) is 10.4 Å². The van der Waals surface area contributed by atoms with Crippen LogP contribution in [0.4, 0.5) is 4.39 Å². The van der Waals surface area contributed by atoms with Crippen molar-refractivity contribution in [3.05, 3.63) is 72.2 Å². The number of hydrogen-bond donors (Lipinski definition) is 2. The van der Waals surface area contributed by atoms with Crippen LogP contribution < -0.4 is 5.32 Å². The minimum absolute atomic E-state index is 0.270. The van der Waals surface area contributed by atoms with Crippen molar-refractivity contribution in [1.29, 1.82) is 0 Å². The SMILES string of the molecule is CC(C)(O)CNCc1cn(-c2ccccc2)nc1-c1ccc(F)cc1. The Labute approximate surface area is 146 Å². The van der Waals surface area contributed by atoms with Gasteiger partial charge in [0, 0.05) is 30.4 Å². The molecule has 5 heteroatoms. The molecule has 0 unspecified atom stereocenters. The van der Waals surface area contributed by atoms with Crippen molar-refractivity contribution in [3.63, 3.8) is 0 Å². The highest BCUT2D eigenvalue weighted by atomic mass is 19.1. The molecule has 4 nitrogen and oxygen atoms in total. The van der Waals surface area contributed by atoms with Crippen LogP contribution in [0, 0.1) is 5.82 Å². The second-order valence-corrected chi connectivity index (χ2v) is 6.71. The average Bonchev–Trinajstić information content (AvgIpc) is 2.99. The third kappa shape index (κ3) is 4.53. The molecule has 2 aromatic carbocycles. The van der Waals surface area contributed by atoms with Crippen molar-refractivity contribution in [2.24, 2.45) is 0 Å². The molecule has 0 spiro atoms. The van der Waals surface area contributed by atoms with E-state index in [1.807, 2.05) is 41.2 Å². The number of hydrogen-bond acceptors (Lipinski definition) is 3. The van der Waals surface area contributed by atoms with Crippen LogP contribution in [-0.4, -0.2) is 27.0 Å². The Balaban J connectivity index is 1.93. The third-order valence-corrected chi connectivity index (χ3v) is 3.80. The van der Waals surface area contributed by atoms with Gasteiger partial charge in [-0.25, -0.2) is 9.07 Å². The van der Waals surface area contributed by atoms with Crippen LogP contribution in [-0.2, 0) is 6.54 Å². The predicted octanol–water partition coefficient (Wildman–Crippen LogP) is 3.54. The van der Waals surface area contributed by atoms with Gasteiger partial charge >= 0.3 is 0 Å². The fourth-order valence-electron chi connectivity index (χ4n) is 2.61. The lowest BCUT2D eigenvalue weighted by Gasteiger charge is -2.17. The maximum absolute atomic E-state index is 13.2. The standard InChI is InChI=1S/C20H22FN3O/c1-20(2,25)14-22-12-16-13-24(18-6-4-3-5-7-18)23-19(16)15-8-10-17(21)11-9-15/h3-11,13,22,25H,12,14H2,1-2H3. The van der Waals surface area contributed by atoms with E-state index in [1.54, 1.807) is 26.0 Å². The zero-order valence-corrected chi connectivity index (χ0v) is 14.4. The van der Waals surface area contributed by atoms with Gasteiger partial charge in [-0.1, -0.05) is 18.2 Å². The summed E-state index contributed by atoms with van der Waals surface area (Å²) in [6.07, 6.45) is 1.96. The maximum atomic E-state index is 13.2. The van der Waals surface area contributed by atoms with Gasteiger partial charge in [-0.2, -0.15) is 5.10 Å². The third-order valence-electron chi connectivity index (χ3n) is 3.80. The first-order chi connectivity index (χ1) is 11.9. The fraction of sp³-hybridized carbons (Fsp3) is 0.250. The number of rotatable bonds is 6. The molecule has 0 saturated carbocycles. The van der Waals surface area contributed by atoms with E-state index >= 15 is 0 Å². The lowest BCUT2D eigenvalue weighted by molar-refractivity contribution is 0.0795. The van der Waals surface area contributed by atoms with Gasteiger partial charge < -0.3 is 10.4 Å². The van der Waals surface area contributed by atoms with Gasteiger partial charge in [0.25, 0.3) is 0 Å². The van der Waals surface area contributed by atoms with Crippen molar-refractivity contribution in [2.45, 2.75) is 26.0 Å². The van der Waals surface area contributed by atoms with Crippen LogP contribution in [0.1, 0.15) is 19.4 Å². The molecule has 0 radical (unpaired) electrons. The van der Waals surface area contributed by atoms with E-state index < -0.39 is 5.60 Å². The number of aromatic nitrogens is 2. The van der Waals surface area contributed by atoms with Crippen LogP contribution in [0.2, 0.25) is 0 Å². The molecular weight excluding hydrogens is 317 g/mol. The Morgan fingerprint density at radius 1 is 1.08 bits per heavy atom. The maximum Gasteiger partial charge on any atom is 0.123 e. The molecule has 3 aromatic rings. The monoisotopic (exact) mass is 339 g/mol. The highest BCUT2D eigenvalue weighted by molar-refractivity contribution is 5.63. The molecule has 0 atom stereocenters. The highest BCUT2D eigenvalue weighted by Gasteiger charge is 2.15. The van der Waals surface area contributed by atoms with E-state index in [0.29, 0.717) is 13.1 Å². The fourth-order valence-corrected chi connectivity index (χ4v) is 2.61. The molecule has 0 aliphatic heterocycles. The first kappa shape index (κ1) is 17.3. The number of nitrogens with zero attached hydrogens (tertiary/aromatic N) is 2. The normalized spacial score (nSPS) is 11.7. The quantitative estimate of drug-likeness (QED) is 0.722. The van der Waals surface area contributed by atoms with Gasteiger partial charge in [-0.3, -0.25) is 0 Å². The minimum atomic E-state index is -0.786. The largest absolute Gasteiger partial charge is 0.389 e. The summed E-state index contributed by atoms with van der Waals surface area (Å²) in [7, 11) is 0. The zero-order valence-electron chi connectivity index (χ0n) is 14.4. The molecule has 1 aromatic heterocycles. The van der Waals surface area contributed by atoms with Crippen LogP contribution in [0.5, 0.6) is 0 Å². The summed E-state index contributed by atoms with van der Waals surface area (Å²) in [6.45, 7) is 4.54. The molecule has 0 saturated heterocycles. The molecule has 2 N–H and O–H groups in total. The molecule has 1 heterocycles. The van der Waals surface area contributed by atoms with E-state index in [1.165, 1.54) is 12.1 Å². The van der Waals surface area contributed by atoms with E-state index in [0.717, 1.165) is 22.5 Å². The van der Waals surface area contributed by atoms with Crippen LogP contribution in [0.25, 0.3) is 16.9 Å². The van der Waals surface area contributed by atoms with E-state index in [9.17, 15) is 9.50 Å². The Morgan fingerprint density at radius 3 is 2.40 bits per heavy atom. The van der Waals surface area contributed by atoms with Gasteiger partial charge in [-0.15, -0.1) is 0 Å². The summed E-state index contributed by atoms with van der Waals surface area (Å²) in [5, 5.41) is 17.8. The number of benzene rings is 2. The van der Waals surface area contributed by atoms with Gasteiger partial charge in [-0.05, 0) is 50.2 Å². The molecule has 0 aliphatic rings. The average molecular weight is 339 g/mol.